The molecular formula is C16H23FN2O2. The molecule has 1 aromatic rings. The second kappa shape index (κ2) is 9.13. The van der Waals surface area contributed by atoms with Gasteiger partial charge in [-0.1, -0.05) is 12.1 Å². The van der Waals surface area contributed by atoms with Crippen LogP contribution in [0.2, 0.25) is 0 Å². The number of hydrogen-bond acceptors (Lipinski definition) is 4. The van der Waals surface area contributed by atoms with Gasteiger partial charge < -0.3 is 15.0 Å². The zero-order valence-electron chi connectivity index (χ0n) is 12.7. The van der Waals surface area contributed by atoms with Crippen LogP contribution in [0.25, 0.3) is 0 Å². The summed E-state index contributed by atoms with van der Waals surface area (Å²) in [5.74, 6) is -0.567. The quantitative estimate of drug-likeness (QED) is 0.432. The third kappa shape index (κ3) is 5.95. The van der Waals surface area contributed by atoms with Crippen molar-refractivity contribution >= 4 is 11.7 Å². The zero-order valence-corrected chi connectivity index (χ0v) is 12.7. The van der Waals surface area contributed by atoms with Crippen LogP contribution in [0, 0.1) is 5.82 Å². The van der Waals surface area contributed by atoms with E-state index < -0.39 is 0 Å². The third-order valence-electron chi connectivity index (χ3n) is 3.00. The van der Waals surface area contributed by atoms with Crippen LogP contribution in [0.5, 0.6) is 0 Å². The number of nitrogens with one attached hydrogen (secondary N) is 1. The molecule has 0 spiro atoms. The van der Waals surface area contributed by atoms with Gasteiger partial charge in [-0.2, -0.15) is 0 Å². The third-order valence-corrected chi connectivity index (χ3v) is 3.00. The molecule has 5 heteroatoms. The van der Waals surface area contributed by atoms with E-state index >= 15 is 0 Å². The van der Waals surface area contributed by atoms with Crippen LogP contribution in [0.1, 0.15) is 18.9 Å². The first-order valence-corrected chi connectivity index (χ1v) is 7.05. The molecule has 0 aromatic heterocycles. The molecule has 1 N–H and O–H groups in total. The number of esters is 1. The van der Waals surface area contributed by atoms with Gasteiger partial charge in [0.2, 0.25) is 0 Å². The minimum absolute atomic E-state index is 0.239. The van der Waals surface area contributed by atoms with E-state index in [1.54, 1.807) is 37.1 Å². The van der Waals surface area contributed by atoms with Gasteiger partial charge in [-0.05, 0) is 24.6 Å². The van der Waals surface area contributed by atoms with E-state index in [4.69, 9.17) is 4.74 Å². The van der Waals surface area contributed by atoms with Crippen LogP contribution < -0.4 is 10.2 Å². The number of ether oxygens (including phenoxy) is 1. The first-order valence-electron chi connectivity index (χ1n) is 7.05. The fraction of sp³-hybridized carbons (Fsp3) is 0.438. The molecule has 0 bridgehead atoms. The summed E-state index contributed by atoms with van der Waals surface area (Å²) < 4.78 is 18.8. The van der Waals surface area contributed by atoms with E-state index in [0.29, 0.717) is 31.9 Å². The summed E-state index contributed by atoms with van der Waals surface area (Å²) >= 11 is 0. The summed E-state index contributed by atoms with van der Waals surface area (Å²) in [6, 6.07) is 4.98. The smallest absolute Gasteiger partial charge is 0.307 e. The summed E-state index contributed by atoms with van der Waals surface area (Å²) in [7, 11) is 1.76. The highest BCUT2D eigenvalue weighted by Gasteiger charge is 2.11. The van der Waals surface area contributed by atoms with Gasteiger partial charge in [-0.25, -0.2) is 4.39 Å². The van der Waals surface area contributed by atoms with Crippen LogP contribution in [0.3, 0.4) is 0 Å². The molecule has 0 aliphatic rings. The molecular weight excluding hydrogens is 271 g/mol. The van der Waals surface area contributed by atoms with E-state index in [1.807, 2.05) is 0 Å². The van der Waals surface area contributed by atoms with E-state index in [2.05, 4.69) is 11.9 Å². The van der Waals surface area contributed by atoms with E-state index in [1.165, 1.54) is 6.07 Å². The Morgan fingerprint density at radius 3 is 2.95 bits per heavy atom. The highest BCUT2D eigenvalue weighted by Crippen LogP contribution is 2.20. The van der Waals surface area contributed by atoms with Crippen molar-refractivity contribution < 1.29 is 13.9 Å². The maximum atomic E-state index is 13.9. The maximum Gasteiger partial charge on any atom is 0.307 e. The summed E-state index contributed by atoms with van der Waals surface area (Å²) in [5, 5.41) is 3.17. The lowest BCUT2D eigenvalue weighted by Gasteiger charge is -2.20. The highest BCUT2D eigenvalue weighted by atomic mass is 19.1. The Morgan fingerprint density at radius 2 is 2.29 bits per heavy atom. The van der Waals surface area contributed by atoms with E-state index in [9.17, 15) is 9.18 Å². The largest absolute Gasteiger partial charge is 0.466 e. The lowest BCUT2D eigenvalue weighted by molar-refractivity contribution is -0.142. The number of halogens is 1. The van der Waals surface area contributed by atoms with Crippen LogP contribution >= 0.6 is 0 Å². The molecule has 116 valence electrons. The lowest BCUT2D eigenvalue weighted by Crippen LogP contribution is -2.23. The molecule has 0 atom stereocenters. The molecule has 1 aromatic carbocycles. The molecule has 0 unspecified atom stereocenters. The summed E-state index contributed by atoms with van der Waals surface area (Å²) in [4.78, 5) is 13.1. The predicted molar refractivity (Wildman–Crippen MR) is 82.8 cm³/mol. The fourth-order valence-electron chi connectivity index (χ4n) is 1.89. The van der Waals surface area contributed by atoms with Gasteiger partial charge in [0.05, 0.1) is 18.7 Å². The Kier molecular flexibility index (Phi) is 7.46. The fourth-order valence-corrected chi connectivity index (χ4v) is 1.89. The molecule has 0 saturated heterocycles. The molecule has 0 aliphatic carbocycles. The number of carbonyl (C=O) groups is 1. The summed E-state index contributed by atoms with van der Waals surface area (Å²) in [6.07, 6.45) is 2.01. The monoisotopic (exact) mass is 294 g/mol. The highest BCUT2D eigenvalue weighted by molar-refractivity contribution is 5.70. The average Bonchev–Trinajstić information content (AvgIpc) is 2.47. The number of rotatable bonds is 9. The van der Waals surface area contributed by atoms with Crippen molar-refractivity contribution in [2.75, 3.05) is 31.6 Å². The maximum absolute atomic E-state index is 13.9. The van der Waals surface area contributed by atoms with Gasteiger partial charge in [0, 0.05) is 26.7 Å². The van der Waals surface area contributed by atoms with Crippen LogP contribution in [-0.4, -0.2) is 32.7 Å². The average molecular weight is 294 g/mol. The van der Waals surface area contributed by atoms with Crippen molar-refractivity contribution in [3.05, 3.63) is 42.2 Å². The van der Waals surface area contributed by atoms with Crippen LogP contribution in [0.4, 0.5) is 10.1 Å². The van der Waals surface area contributed by atoms with Crippen molar-refractivity contribution in [1.29, 1.82) is 0 Å². The standard InChI is InChI=1S/C16H23FN2O2/c1-4-9-18-12-13-6-7-14(17)15(11-13)19(3)10-8-16(20)21-5-2/h4,6-7,11,18H,1,5,8-10,12H2,2-3H3. The van der Waals surface area contributed by atoms with Gasteiger partial charge in [-0.15, -0.1) is 6.58 Å². The van der Waals surface area contributed by atoms with Crippen molar-refractivity contribution in [3.63, 3.8) is 0 Å². The van der Waals surface area contributed by atoms with Gasteiger partial charge in [0.1, 0.15) is 5.82 Å². The summed E-state index contributed by atoms with van der Waals surface area (Å²) in [5.41, 5.74) is 1.47. The predicted octanol–water partition coefficient (Wildman–Crippen LogP) is 2.49. The van der Waals surface area contributed by atoms with Gasteiger partial charge in [-0.3, -0.25) is 4.79 Å². The normalized spacial score (nSPS) is 10.2. The van der Waals surface area contributed by atoms with Crippen molar-refractivity contribution in [2.45, 2.75) is 19.9 Å². The SMILES string of the molecule is C=CCNCc1ccc(F)c(N(C)CCC(=O)OCC)c1. The second-order valence-electron chi connectivity index (χ2n) is 4.68. The molecule has 0 heterocycles. The van der Waals surface area contributed by atoms with Crippen molar-refractivity contribution in [1.82, 2.24) is 5.32 Å². The zero-order chi connectivity index (χ0) is 15.7. The molecule has 0 radical (unpaired) electrons. The topological polar surface area (TPSA) is 41.6 Å². The number of hydrogen-bond donors (Lipinski definition) is 1. The van der Waals surface area contributed by atoms with Gasteiger partial charge in [0.15, 0.2) is 0 Å². The summed E-state index contributed by atoms with van der Waals surface area (Å²) in [6.45, 7) is 7.52. The molecule has 0 fully saturated rings. The van der Waals surface area contributed by atoms with E-state index in [-0.39, 0.29) is 18.2 Å². The van der Waals surface area contributed by atoms with Gasteiger partial charge in [0.25, 0.3) is 0 Å². The minimum atomic E-state index is -0.297. The Morgan fingerprint density at radius 1 is 1.52 bits per heavy atom. The van der Waals surface area contributed by atoms with Gasteiger partial charge >= 0.3 is 5.97 Å². The molecule has 21 heavy (non-hydrogen) atoms. The number of carbonyl (C=O) groups excluding carboxylic acids is 1. The molecule has 0 amide bonds. The van der Waals surface area contributed by atoms with Crippen LogP contribution in [0.15, 0.2) is 30.9 Å². The van der Waals surface area contributed by atoms with Crippen molar-refractivity contribution in [3.8, 4) is 0 Å². The van der Waals surface area contributed by atoms with Crippen LogP contribution in [-0.2, 0) is 16.1 Å². The molecule has 0 saturated carbocycles. The molecule has 1 rings (SSSR count). The Balaban J connectivity index is 2.64. The number of benzene rings is 1. The minimum Gasteiger partial charge on any atom is -0.466 e. The lowest BCUT2D eigenvalue weighted by atomic mass is 10.1. The molecule has 4 nitrogen and oxygen atoms in total. The Bertz CT molecular complexity index is 477. The first kappa shape index (κ1) is 17.2. The Labute approximate surface area is 125 Å². The number of nitrogens with zero attached hydrogens (tertiary/aromatic N) is 1. The number of anilines is 1. The first-order chi connectivity index (χ1) is 10.1. The Hall–Kier alpha value is -1.88. The van der Waals surface area contributed by atoms with Crippen molar-refractivity contribution in [2.24, 2.45) is 0 Å². The second-order valence-corrected chi connectivity index (χ2v) is 4.68. The van der Waals surface area contributed by atoms with E-state index in [0.717, 1.165) is 5.56 Å². The molecule has 0 aliphatic heterocycles.